The van der Waals surface area contributed by atoms with Crippen molar-refractivity contribution in [2.75, 3.05) is 4.72 Å². The normalized spacial score (nSPS) is 10.9. The quantitative estimate of drug-likeness (QED) is 0.379. The van der Waals surface area contributed by atoms with E-state index in [0.717, 1.165) is 18.2 Å². The fourth-order valence-electron chi connectivity index (χ4n) is 2.47. The number of phenols is 1. The summed E-state index contributed by atoms with van der Waals surface area (Å²) in [4.78, 5) is 20.8. The van der Waals surface area contributed by atoms with Crippen LogP contribution in [-0.4, -0.2) is 29.5 Å². The van der Waals surface area contributed by atoms with Gasteiger partial charge in [-0.1, -0.05) is 18.2 Å². The second-order valence-corrected chi connectivity index (χ2v) is 7.63. The Balaban J connectivity index is 2.03. The van der Waals surface area contributed by atoms with Crippen LogP contribution in [0.1, 0.15) is 10.4 Å². The third-order valence-electron chi connectivity index (χ3n) is 3.90. The van der Waals surface area contributed by atoms with Crippen molar-refractivity contribution in [3.05, 3.63) is 82.4 Å². The summed E-state index contributed by atoms with van der Waals surface area (Å²) in [5, 5.41) is 29.7. The molecule has 0 saturated carbocycles. The van der Waals surface area contributed by atoms with E-state index in [4.69, 9.17) is 4.74 Å². The molecule has 0 heterocycles. The number of carbonyl (C=O) groups is 1. The Morgan fingerprint density at radius 2 is 1.73 bits per heavy atom. The van der Waals surface area contributed by atoms with Gasteiger partial charge < -0.3 is 14.9 Å². The molecule has 3 aromatic rings. The van der Waals surface area contributed by atoms with Gasteiger partial charge in [-0.3, -0.25) is 14.8 Å². The van der Waals surface area contributed by atoms with Gasteiger partial charge in [0.1, 0.15) is 5.75 Å². The summed E-state index contributed by atoms with van der Waals surface area (Å²) < 4.78 is 33.3. The first-order valence-corrected chi connectivity index (χ1v) is 9.76. The highest BCUT2D eigenvalue weighted by Gasteiger charge is 2.23. The van der Waals surface area contributed by atoms with Crippen molar-refractivity contribution in [2.24, 2.45) is 0 Å². The monoisotopic (exact) mass is 430 g/mol. The van der Waals surface area contributed by atoms with Gasteiger partial charge in [0.05, 0.1) is 21.1 Å². The van der Waals surface area contributed by atoms with Crippen LogP contribution in [0.3, 0.4) is 0 Å². The number of nitro benzene ring substituents is 1. The maximum absolute atomic E-state index is 12.8. The summed E-state index contributed by atoms with van der Waals surface area (Å²) in [6, 6.07) is 14.5. The molecule has 3 N–H and O–H groups in total. The van der Waals surface area contributed by atoms with Crippen LogP contribution in [-0.2, 0) is 10.0 Å². The first kappa shape index (κ1) is 20.6. The van der Waals surface area contributed by atoms with Gasteiger partial charge in [-0.05, 0) is 42.5 Å². The molecule has 0 aliphatic rings. The second kappa shape index (κ2) is 8.09. The van der Waals surface area contributed by atoms with Gasteiger partial charge in [0.15, 0.2) is 11.5 Å². The molecule has 0 radical (unpaired) electrons. The lowest BCUT2D eigenvalue weighted by molar-refractivity contribution is -0.386. The van der Waals surface area contributed by atoms with E-state index < -0.39 is 37.2 Å². The fourth-order valence-corrected chi connectivity index (χ4v) is 3.55. The summed E-state index contributed by atoms with van der Waals surface area (Å²) >= 11 is 0. The molecule has 0 amide bonds. The fraction of sp³-hybridized carbons (Fsp3) is 0. The van der Waals surface area contributed by atoms with Gasteiger partial charge in [0.25, 0.3) is 10.0 Å². The van der Waals surface area contributed by atoms with Crippen molar-refractivity contribution in [2.45, 2.75) is 4.90 Å². The number of aromatic hydroxyl groups is 1. The van der Waals surface area contributed by atoms with Crippen LogP contribution in [0.25, 0.3) is 0 Å². The molecule has 0 atom stereocenters. The van der Waals surface area contributed by atoms with E-state index in [0.29, 0.717) is 11.8 Å². The number of rotatable bonds is 7. The van der Waals surface area contributed by atoms with E-state index in [9.17, 15) is 33.5 Å². The number of carboxylic acid groups (broad SMARTS) is 1. The van der Waals surface area contributed by atoms with Gasteiger partial charge in [0, 0.05) is 6.07 Å². The zero-order valence-electron chi connectivity index (χ0n) is 15.1. The Morgan fingerprint density at radius 3 is 2.37 bits per heavy atom. The minimum atomic E-state index is -4.38. The summed E-state index contributed by atoms with van der Waals surface area (Å²) in [7, 11) is -4.38. The maximum Gasteiger partial charge on any atom is 0.335 e. The number of sulfonamides is 1. The third kappa shape index (κ3) is 4.47. The number of benzene rings is 3. The topological polar surface area (TPSA) is 156 Å². The molecule has 0 spiro atoms. The van der Waals surface area contributed by atoms with Crippen molar-refractivity contribution < 1.29 is 33.1 Å². The molecule has 3 rings (SSSR count). The van der Waals surface area contributed by atoms with E-state index in [1.807, 2.05) is 0 Å². The molecule has 0 aliphatic carbocycles. The molecule has 0 fully saturated rings. The zero-order valence-corrected chi connectivity index (χ0v) is 15.9. The van der Waals surface area contributed by atoms with Crippen molar-refractivity contribution in [1.82, 2.24) is 0 Å². The van der Waals surface area contributed by atoms with Crippen molar-refractivity contribution >= 4 is 27.4 Å². The molecule has 0 saturated heterocycles. The molecule has 0 aliphatic heterocycles. The van der Waals surface area contributed by atoms with E-state index in [2.05, 4.69) is 4.72 Å². The number of nitro groups is 1. The van der Waals surface area contributed by atoms with Crippen LogP contribution in [0, 0.1) is 10.1 Å². The predicted molar refractivity (Wildman–Crippen MR) is 105 cm³/mol. The number of hydrogen-bond acceptors (Lipinski definition) is 7. The highest BCUT2D eigenvalue weighted by Crippen LogP contribution is 2.34. The Kier molecular flexibility index (Phi) is 5.56. The Morgan fingerprint density at radius 1 is 1.03 bits per heavy atom. The Bertz CT molecular complexity index is 1230. The van der Waals surface area contributed by atoms with E-state index in [1.54, 1.807) is 30.3 Å². The lowest BCUT2D eigenvalue weighted by Crippen LogP contribution is -2.14. The molecular formula is C19H14N2O8S. The smallest absolute Gasteiger partial charge is 0.335 e. The van der Waals surface area contributed by atoms with Crippen LogP contribution in [0.5, 0.6) is 17.2 Å². The number of aromatic carboxylic acids is 1. The van der Waals surface area contributed by atoms with Crippen molar-refractivity contribution in [1.29, 1.82) is 0 Å². The molecule has 154 valence electrons. The molecule has 3 aromatic carbocycles. The van der Waals surface area contributed by atoms with Gasteiger partial charge in [-0.25, -0.2) is 13.2 Å². The van der Waals surface area contributed by atoms with Gasteiger partial charge in [-0.15, -0.1) is 0 Å². The number of carboxylic acids is 1. The SMILES string of the molecule is O=C(O)c1ccc(Oc2ccccc2)c(NS(=O)(=O)c2ccc(O)c([N+](=O)[O-])c2)c1. The van der Waals surface area contributed by atoms with Gasteiger partial charge in [-0.2, -0.15) is 0 Å². The van der Waals surface area contributed by atoms with E-state index >= 15 is 0 Å². The van der Waals surface area contributed by atoms with E-state index in [-0.39, 0.29) is 17.0 Å². The predicted octanol–water partition coefficient (Wildman–Crippen LogP) is 3.59. The van der Waals surface area contributed by atoms with Crippen LogP contribution in [0.4, 0.5) is 11.4 Å². The van der Waals surface area contributed by atoms with Crippen LogP contribution in [0.2, 0.25) is 0 Å². The highest BCUT2D eigenvalue weighted by molar-refractivity contribution is 7.92. The number of ether oxygens (including phenoxy) is 1. The number of anilines is 1. The average Bonchev–Trinajstić information content (AvgIpc) is 2.69. The van der Waals surface area contributed by atoms with Crippen LogP contribution in [0.15, 0.2) is 71.6 Å². The highest BCUT2D eigenvalue weighted by atomic mass is 32.2. The number of para-hydroxylation sites is 1. The number of hydrogen-bond donors (Lipinski definition) is 3. The first-order chi connectivity index (χ1) is 14.2. The van der Waals surface area contributed by atoms with Gasteiger partial charge in [0.2, 0.25) is 0 Å². The minimum absolute atomic E-state index is 0.0167. The maximum atomic E-state index is 12.8. The lowest BCUT2D eigenvalue weighted by atomic mass is 10.2. The molecule has 0 bridgehead atoms. The first-order valence-electron chi connectivity index (χ1n) is 8.28. The largest absolute Gasteiger partial charge is 0.502 e. The molecular weight excluding hydrogens is 416 g/mol. The lowest BCUT2D eigenvalue weighted by Gasteiger charge is -2.14. The van der Waals surface area contributed by atoms with Crippen molar-refractivity contribution in [3.8, 4) is 17.2 Å². The molecule has 30 heavy (non-hydrogen) atoms. The second-order valence-electron chi connectivity index (χ2n) is 5.94. The average molecular weight is 430 g/mol. The van der Waals surface area contributed by atoms with Crippen LogP contribution < -0.4 is 9.46 Å². The molecule has 0 unspecified atom stereocenters. The summed E-state index contributed by atoms with van der Waals surface area (Å²) in [6.07, 6.45) is 0. The minimum Gasteiger partial charge on any atom is -0.502 e. The Labute approximate surface area is 170 Å². The van der Waals surface area contributed by atoms with Crippen molar-refractivity contribution in [3.63, 3.8) is 0 Å². The number of nitrogens with one attached hydrogen (secondary N) is 1. The summed E-state index contributed by atoms with van der Waals surface area (Å²) in [5.41, 5.74) is -1.18. The number of nitrogens with zero attached hydrogens (tertiary/aromatic N) is 1. The summed E-state index contributed by atoms with van der Waals surface area (Å²) in [6.45, 7) is 0. The zero-order chi connectivity index (χ0) is 21.9. The molecule has 0 aromatic heterocycles. The standard InChI is InChI=1S/C19H14N2O8S/c22-17-8-7-14(11-16(17)21(25)26)30(27,28)20-15-10-12(19(23)24)6-9-18(15)29-13-4-2-1-3-5-13/h1-11,20,22H,(H,23,24). The van der Waals surface area contributed by atoms with Crippen LogP contribution >= 0.6 is 0 Å². The van der Waals surface area contributed by atoms with Gasteiger partial charge >= 0.3 is 11.7 Å². The van der Waals surface area contributed by atoms with E-state index in [1.165, 1.54) is 12.1 Å². The number of phenolic OH excluding ortho intramolecular Hbond substituents is 1. The third-order valence-corrected chi connectivity index (χ3v) is 5.26. The molecule has 10 nitrogen and oxygen atoms in total. The molecule has 11 heteroatoms. The summed E-state index contributed by atoms with van der Waals surface area (Å²) in [5.74, 6) is -1.59. The Hall–Kier alpha value is -4.12.